The van der Waals surface area contributed by atoms with Crippen molar-refractivity contribution in [3.8, 4) is 0 Å². The Hall–Kier alpha value is -0.920. The summed E-state index contributed by atoms with van der Waals surface area (Å²) in [5.74, 6) is -0.134. The van der Waals surface area contributed by atoms with Crippen molar-refractivity contribution in [2.24, 2.45) is 11.8 Å². The molecular weight excluding hydrogens is 128 g/mol. The summed E-state index contributed by atoms with van der Waals surface area (Å²) in [4.78, 5) is 20.7. The van der Waals surface area contributed by atoms with Crippen LogP contribution in [0, 0.1) is 11.8 Å². The second kappa shape index (κ2) is 3.30. The third kappa shape index (κ3) is 1.32. The SMILES string of the molecule is O=C[C@@H]1CC=CC[C@@H]1C=O. The predicted molar refractivity (Wildman–Crippen MR) is 37.5 cm³/mol. The van der Waals surface area contributed by atoms with E-state index in [0.29, 0.717) is 0 Å². The van der Waals surface area contributed by atoms with Crippen LogP contribution in [0.5, 0.6) is 0 Å². The monoisotopic (exact) mass is 138 g/mol. The molecule has 2 atom stereocenters. The molecule has 1 aliphatic rings. The Morgan fingerprint density at radius 1 is 1.00 bits per heavy atom. The molecule has 0 aromatic rings. The van der Waals surface area contributed by atoms with Gasteiger partial charge in [0.05, 0.1) is 0 Å². The van der Waals surface area contributed by atoms with Crippen molar-refractivity contribution in [2.45, 2.75) is 12.8 Å². The lowest BCUT2D eigenvalue weighted by molar-refractivity contribution is -0.119. The molecular formula is C8H10O2. The van der Waals surface area contributed by atoms with Crippen LogP contribution in [0.1, 0.15) is 12.8 Å². The average molecular weight is 138 g/mol. The normalized spacial score (nSPS) is 31.6. The van der Waals surface area contributed by atoms with Crippen LogP contribution < -0.4 is 0 Å². The maximum Gasteiger partial charge on any atom is 0.124 e. The molecule has 0 amide bonds. The highest BCUT2D eigenvalue weighted by atomic mass is 16.1. The molecule has 0 heterocycles. The summed E-state index contributed by atoms with van der Waals surface area (Å²) in [5.41, 5.74) is 0. The lowest BCUT2D eigenvalue weighted by Gasteiger charge is -2.17. The van der Waals surface area contributed by atoms with Crippen molar-refractivity contribution < 1.29 is 9.59 Å². The Labute approximate surface area is 59.9 Å². The minimum absolute atomic E-state index is 0.0671. The summed E-state index contributed by atoms with van der Waals surface area (Å²) >= 11 is 0. The average Bonchev–Trinajstić information content (AvgIpc) is 2.04. The lowest BCUT2D eigenvalue weighted by Crippen LogP contribution is -2.18. The van der Waals surface area contributed by atoms with Gasteiger partial charge in [0.2, 0.25) is 0 Å². The van der Waals surface area contributed by atoms with Gasteiger partial charge in [0.15, 0.2) is 0 Å². The van der Waals surface area contributed by atoms with E-state index in [2.05, 4.69) is 0 Å². The first-order valence-electron chi connectivity index (χ1n) is 3.44. The minimum Gasteiger partial charge on any atom is -0.303 e. The number of carbonyl (C=O) groups is 2. The first-order chi connectivity index (χ1) is 4.88. The highest BCUT2D eigenvalue weighted by Gasteiger charge is 2.20. The van der Waals surface area contributed by atoms with Crippen molar-refractivity contribution in [1.82, 2.24) is 0 Å². The van der Waals surface area contributed by atoms with Crippen LogP contribution in [0.2, 0.25) is 0 Å². The molecule has 0 unspecified atom stereocenters. The first kappa shape index (κ1) is 7.19. The number of rotatable bonds is 2. The van der Waals surface area contributed by atoms with Crippen LogP contribution in [0.4, 0.5) is 0 Å². The molecule has 0 fully saturated rings. The molecule has 2 nitrogen and oxygen atoms in total. The summed E-state index contributed by atoms with van der Waals surface area (Å²) in [6.45, 7) is 0. The van der Waals surface area contributed by atoms with Crippen molar-refractivity contribution in [2.75, 3.05) is 0 Å². The van der Waals surface area contributed by atoms with Gasteiger partial charge in [-0.1, -0.05) is 12.2 Å². The predicted octanol–water partition coefficient (Wildman–Crippen LogP) is 0.967. The van der Waals surface area contributed by atoms with Crippen LogP contribution in [0.25, 0.3) is 0 Å². The molecule has 0 radical (unpaired) electrons. The maximum atomic E-state index is 10.3. The number of allylic oxidation sites excluding steroid dienone is 2. The highest BCUT2D eigenvalue weighted by molar-refractivity contribution is 5.65. The van der Waals surface area contributed by atoms with Gasteiger partial charge in [0, 0.05) is 11.8 Å². The van der Waals surface area contributed by atoms with Gasteiger partial charge in [-0.2, -0.15) is 0 Å². The zero-order valence-corrected chi connectivity index (χ0v) is 5.69. The van der Waals surface area contributed by atoms with Gasteiger partial charge < -0.3 is 9.59 Å². The summed E-state index contributed by atoms with van der Waals surface area (Å²) in [6, 6.07) is 0. The van der Waals surface area contributed by atoms with Gasteiger partial charge >= 0.3 is 0 Å². The van der Waals surface area contributed by atoms with Gasteiger partial charge in [-0.3, -0.25) is 0 Å². The number of hydrogen-bond donors (Lipinski definition) is 0. The van der Waals surface area contributed by atoms with E-state index in [4.69, 9.17) is 0 Å². The molecule has 54 valence electrons. The van der Waals surface area contributed by atoms with Crippen molar-refractivity contribution in [3.63, 3.8) is 0 Å². The largest absolute Gasteiger partial charge is 0.303 e. The van der Waals surface area contributed by atoms with Gasteiger partial charge in [-0.25, -0.2) is 0 Å². The molecule has 0 aromatic carbocycles. The van der Waals surface area contributed by atoms with E-state index in [1.165, 1.54) is 0 Å². The van der Waals surface area contributed by atoms with Crippen LogP contribution in [-0.4, -0.2) is 12.6 Å². The third-order valence-corrected chi connectivity index (χ3v) is 1.88. The maximum absolute atomic E-state index is 10.3. The van der Waals surface area contributed by atoms with Gasteiger partial charge in [-0.05, 0) is 12.8 Å². The van der Waals surface area contributed by atoms with E-state index in [0.717, 1.165) is 25.4 Å². The third-order valence-electron chi connectivity index (χ3n) is 1.88. The van der Waals surface area contributed by atoms with Crippen LogP contribution in [0.3, 0.4) is 0 Å². The van der Waals surface area contributed by atoms with Crippen molar-refractivity contribution in [3.05, 3.63) is 12.2 Å². The molecule has 2 heteroatoms. The molecule has 0 bridgehead atoms. The fraction of sp³-hybridized carbons (Fsp3) is 0.500. The Balaban J connectivity index is 2.61. The number of carbonyl (C=O) groups excluding carboxylic acids is 2. The molecule has 0 saturated carbocycles. The van der Waals surface area contributed by atoms with E-state index in [9.17, 15) is 9.59 Å². The van der Waals surface area contributed by atoms with E-state index in [1.807, 2.05) is 12.2 Å². The second-order valence-electron chi connectivity index (χ2n) is 2.54. The zero-order chi connectivity index (χ0) is 7.40. The highest BCUT2D eigenvalue weighted by Crippen LogP contribution is 2.21. The molecule has 1 aliphatic carbocycles. The van der Waals surface area contributed by atoms with Crippen LogP contribution in [0.15, 0.2) is 12.2 Å². The molecule has 0 N–H and O–H groups in total. The summed E-state index contributed by atoms with van der Waals surface area (Å²) in [5, 5.41) is 0. The Kier molecular flexibility index (Phi) is 2.37. The number of hydrogen-bond acceptors (Lipinski definition) is 2. The Morgan fingerprint density at radius 2 is 1.40 bits per heavy atom. The fourth-order valence-corrected chi connectivity index (χ4v) is 1.17. The molecule has 0 aromatic heterocycles. The van der Waals surface area contributed by atoms with Gasteiger partial charge in [-0.15, -0.1) is 0 Å². The molecule has 10 heavy (non-hydrogen) atoms. The van der Waals surface area contributed by atoms with E-state index < -0.39 is 0 Å². The van der Waals surface area contributed by atoms with E-state index >= 15 is 0 Å². The van der Waals surface area contributed by atoms with Crippen molar-refractivity contribution >= 4 is 12.6 Å². The molecule has 0 saturated heterocycles. The first-order valence-corrected chi connectivity index (χ1v) is 3.44. The standard InChI is InChI=1S/C8H10O2/c9-5-7-3-1-2-4-8(7)6-10/h1-2,5-8H,3-4H2/t7-,8+. The minimum atomic E-state index is -0.0671. The topological polar surface area (TPSA) is 34.1 Å². The van der Waals surface area contributed by atoms with E-state index in [1.54, 1.807) is 0 Å². The Bertz CT molecular complexity index is 143. The Morgan fingerprint density at radius 3 is 1.70 bits per heavy atom. The summed E-state index contributed by atoms with van der Waals surface area (Å²) in [6.07, 6.45) is 7.13. The molecule has 0 aliphatic heterocycles. The zero-order valence-electron chi connectivity index (χ0n) is 5.69. The van der Waals surface area contributed by atoms with Gasteiger partial charge in [0.25, 0.3) is 0 Å². The van der Waals surface area contributed by atoms with Crippen LogP contribution >= 0.6 is 0 Å². The quantitative estimate of drug-likeness (QED) is 0.421. The smallest absolute Gasteiger partial charge is 0.124 e. The summed E-state index contributed by atoms with van der Waals surface area (Å²) in [7, 11) is 0. The van der Waals surface area contributed by atoms with Crippen LogP contribution in [-0.2, 0) is 9.59 Å². The van der Waals surface area contributed by atoms with Crippen molar-refractivity contribution in [1.29, 1.82) is 0 Å². The molecule has 0 spiro atoms. The summed E-state index contributed by atoms with van der Waals surface area (Å²) < 4.78 is 0. The fourth-order valence-electron chi connectivity index (χ4n) is 1.17. The lowest BCUT2D eigenvalue weighted by atomic mass is 9.85. The number of aldehydes is 2. The second-order valence-corrected chi connectivity index (χ2v) is 2.54. The van der Waals surface area contributed by atoms with Gasteiger partial charge in [0.1, 0.15) is 12.6 Å². The molecule has 1 rings (SSSR count). The van der Waals surface area contributed by atoms with E-state index in [-0.39, 0.29) is 11.8 Å².